The van der Waals surface area contributed by atoms with E-state index in [0.717, 1.165) is 27.8 Å². The zero-order chi connectivity index (χ0) is 21.8. The lowest BCUT2D eigenvalue weighted by Gasteiger charge is -2.21. The number of carbonyl (C=O) groups excluding carboxylic acids is 1. The predicted molar refractivity (Wildman–Crippen MR) is 119 cm³/mol. The largest absolute Gasteiger partial charge is 0.449 e. The van der Waals surface area contributed by atoms with Crippen LogP contribution < -0.4 is 5.32 Å². The van der Waals surface area contributed by atoms with Crippen LogP contribution in [0.1, 0.15) is 29.5 Å². The average Bonchev–Trinajstić information content (AvgIpc) is 3.11. The van der Waals surface area contributed by atoms with Crippen molar-refractivity contribution in [2.24, 2.45) is 0 Å². The highest BCUT2D eigenvalue weighted by Crippen LogP contribution is 2.47. The molecular weight excluding hydrogens is 413 g/mol. The molecular formula is C24H24NO5P. The first kappa shape index (κ1) is 21.3. The Morgan fingerprint density at radius 3 is 2.13 bits per heavy atom. The second-order valence-electron chi connectivity index (χ2n) is 7.47. The zero-order valence-electron chi connectivity index (χ0n) is 17.1. The summed E-state index contributed by atoms with van der Waals surface area (Å²) >= 11 is 0. The standard InChI is InChI=1S/C24H24NO5P/c1-17(31(27,28)30-15-18-9-3-2-4-10-18)25-24(26)29-16-23-21-13-7-5-11-19(21)20-12-6-8-14-22(20)23/h2-14,17,23H,15-16H2,1H3,(H,25,26)(H,27,28). The first-order chi connectivity index (χ1) is 15.0. The number of rotatable bonds is 7. The maximum atomic E-state index is 12.5. The number of fused-ring (bicyclic) bond motifs is 3. The van der Waals surface area contributed by atoms with Gasteiger partial charge in [-0.1, -0.05) is 78.9 Å². The maximum Gasteiger partial charge on any atom is 0.407 e. The van der Waals surface area contributed by atoms with Crippen molar-refractivity contribution in [2.45, 2.75) is 25.2 Å². The third kappa shape index (κ3) is 4.72. The molecule has 0 saturated carbocycles. The Hall–Kier alpha value is -2.92. The van der Waals surface area contributed by atoms with Crippen LogP contribution >= 0.6 is 7.60 Å². The third-order valence-electron chi connectivity index (χ3n) is 5.42. The number of benzene rings is 3. The van der Waals surface area contributed by atoms with Gasteiger partial charge in [0.15, 0.2) is 0 Å². The van der Waals surface area contributed by atoms with E-state index in [9.17, 15) is 14.3 Å². The van der Waals surface area contributed by atoms with E-state index in [2.05, 4.69) is 17.4 Å². The quantitative estimate of drug-likeness (QED) is 0.492. The molecule has 3 aromatic carbocycles. The summed E-state index contributed by atoms with van der Waals surface area (Å²) < 4.78 is 23.1. The van der Waals surface area contributed by atoms with E-state index in [1.54, 1.807) is 12.1 Å². The van der Waals surface area contributed by atoms with E-state index in [4.69, 9.17) is 9.26 Å². The number of ether oxygens (including phenoxy) is 1. The molecule has 1 aliphatic carbocycles. The summed E-state index contributed by atoms with van der Waals surface area (Å²) in [7, 11) is -4.07. The average molecular weight is 437 g/mol. The zero-order valence-corrected chi connectivity index (χ0v) is 18.0. The van der Waals surface area contributed by atoms with Crippen LogP contribution in [-0.2, 0) is 20.4 Å². The molecule has 2 atom stereocenters. The molecule has 160 valence electrons. The molecule has 3 aromatic rings. The highest BCUT2D eigenvalue weighted by atomic mass is 31.2. The highest BCUT2D eigenvalue weighted by Gasteiger charge is 2.32. The summed E-state index contributed by atoms with van der Waals surface area (Å²) in [5.41, 5.74) is 5.24. The maximum absolute atomic E-state index is 12.5. The van der Waals surface area contributed by atoms with Crippen LogP contribution in [0.25, 0.3) is 11.1 Å². The van der Waals surface area contributed by atoms with Crippen LogP contribution in [0.2, 0.25) is 0 Å². The van der Waals surface area contributed by atoms with Crippen LogP contribution in [0.4, 0.5) is 4.79 Å². The summed E-state index contributed by atoms with van der Waals surface area (Å²) in [4.78, 5) is 22.5. The molecule has 0 fully saturated rings. The monoisotopic (exact) mass is 437 g/mol. The van der Waals surface area contributed by atoms with Crippen LogP contribution in [0.5, 0.6) is 0 Å². The number of alkyl carbamates (subject to hydrolysis) is 1. The van der Waals surface area contributed by atoms with E-state index >= 15 is 0 Å². The predicted octanol–water partition coefficient (Wildman–Crippen LogP) is 5.27. The van der Waals surface area contributed by atoms with Gasteiger partial charge in [0.25, 0.3) is 0 Å². The van der Waals surface area contributed by atoms with Crippen molar-refractivity contribution in [3.63, 3.8) is 0 Å². The lowest BCUT2D eigenvalue weighted by atomic mass is 9.98. The van der Waals surface area contributed by atoms with Gasteiger partial charge in [-0.25, -0.2) is 4.79 Å². The molecule has 4 rings (SSSR count). The Morgan fingerprint density at radius 2 is 1.52 bits per heavy atom. The van der Waals surface area contributed by atoms with E-state index in [0.29, 0.717) is 0 Å². The number of carbonyl (C=O) groups is 1. The van der Waals surface area contributed by atoms with Crippen LogP contribution in [-0.4, -0.2) is 23.4 Å². The third-order valence-corrected chi connectivity index (χ3v) is 7.03. The SMILES string of the molecule is CC(NC(=O)OCC1c2ccccc2-c2ccccc21)P(=O)(O)OCc1ccccc1. The smallest absolute Gasteiger partial charge is 0.407 e. The molecule has 0 radical (unpaired) electrons. The van der Waals surface area contributed by atoms with Crippen molar-refractivity contribution in [1.82, 2.24) is 5.32 Å². The number of hydrogen-bond acceptors (Lipinski definition) is 4. The van der Waals surface area contributed by atoms with Crippen molar-refractivity contribution >= 4 is 13.7 Å². The minimum Gasteiger partial charge on any atom is -0.449 e. The van der Waals surface area contributed by atoms with Crippen molar-refractivity contribution in [3.05, 3.63) is 95.6 Å². The van der Waals surface area contributed by atoms with E-state index < -0.39 is 19.5 Å². The fraction of sp³-hybridized carbons (Fsp3) is 0.208. The van der Waals surface area contributed by atoms with Crippen LogP contribution in [0.3, 0.4) is 0 Å². The summed E-state index contributed by atoms with van der Waals surface area (Å²) in [5.74, 6) is -1.18. The topological polar surface area (TPSA) is 84.9 Å². The van der Waals surface area contributed by atoms with Crippen molar-refractivity contribution in [2.75, 3.05) is 6.61 Å². The van der Waals surface area contributed by atoms with Gasteiger partial charge in [0, 0.05) is 5.92 Å². The van der Waals surface area contributed by atoms with Gasteiger partial charge in [-0.05, 0) is 34.7 Å². The Morgan fingerprint density at radius 1 is 0.968 bits per heavy atom. The number of nitrogens with one attached hydrogen (secondary N) is 1. The Bertz CT molecular complexity index is 1070. The van der Waals surface area contributed by atoms with Gasteiger partial charge in [0.05, 0.1) is 6.61 Å². The minimum absolute atomic E-state index is 0.0225. The first-order valence-corrected chi connectivity index (χ1v) is 11.7. The van der Waals surface area contributed by atoms with Gasteiger partial charge < -0.3 is 19.5 Å². The molecule has 31 heavy (non-hydrogen) atoms. The molecule has 6 nitrogen and oxygen atoms in total. The molecule has 7 heteroatoms. The van der Waals surface area contributed by atoms with E-state index in [-0.39, 0.29) is 19.1 Å². The molecule has 0 spiro atoms. The fourth-order valence-electron chi connectivity index (χ4n) is 3.75. The molecule has 0 bridgehead atoms. The summed E-state index contributed by atoms with van der Waals surface area (Å²) in [6, 6.07) is 25.2. The first-order valence-electron chi connectivity index (χ1n) is 10.1. The number of hydrogen-bond donors (Lipinski definition) is 2. The number of amides is 1. The Labute approximate surface area is 181 Å². The lowest BCUT2D eigenvalue weighted by molar-refractivity contribution is 0.140. The van der Waals surface area contributed by atoms with Gasteiger partial charge >= 0.3 is 13.7 Å². The molecule has 1 amide bonds. The molecule has 1 aliphatic rings. The van der Waals surface area contributed by atoms with E-state index in [1.165, 1.54) is 6.92 Å². The summed E-state index contributed by atoms with van der Waals surface area (Å²) in [6.45, 7) is 1.53. The highest BCUT2D eigenvalue weighted by molar-refractivity contribution is 7.53. The second kappa shape index (κ2) is 9.06. The normalized spacial score (nSPS) is 15.4. The van der Waals surface area contributed by atoms with Crippen LogP contribution in [0.15, 0.2) is 78.9 Å². The van der Waals surface area contributed by atoms with Crippen molar-refractivity contribution in [1.29, 1.82) is 0 Å². The second-order valence-corrected chi connectivity index (χ2v) is 9.63. The van der Waals surface area contributed by atoms with Gasteiger partial charge in [-0.3, -0.25) is 4.57 Å². The fourth-order valence-corrected chi connectivity index (χ4v) is 4.57. The van der Waals surface area contributed by atoms with Crippen molar-refractivity contribution in [3.8, 4) is 11.1 Å². The van der Waals surface area contributed by atoms with E-state index in [1.807, 2.05) is 54.6 Å². The lowest BCUT2D eigenvalue weighted by Crippen LogP contribution is -2.34. The van der Waals surface area contributed by atoms with Gasteiger partial charge in [-0.2, -0.15) is 0 Å². The summed E-state index contributed by atoms with van der Waals surface area (Å²) in [5, 5.41) is 2.43. The van der Waals surface area contributed by atoms with Gasteiger partial charge in [0.2, 0.25) is 0 Å². The van der Waals surface area contributed by atoms with Gasteiger partial charge in [0.1, 0.15) is 12.4 Å². The molecule has 2 unspecified atom stereocenters. The Kier molecular flexibility index (Phi) is 6.23. The van der Waals surface area contributed by atoms with Crippen LogP contribution in [0, 0.1) is 0 Å². The molecule has 0 aromatic heterocycles. The van der Waals surface area contributed by atoms with Gasteiger partial charge in [-0.15, -0.1) is 0 Å². The molecule has 2 N–H and O–H groups in total. The molecule has 0 aliphatic heterocycles. The molecule has 0 saturated heterocycles. The minimum atomic E-state index is -4.07. The summed E-state index contributed by atoms with van der Waals surface area (Å²) in [6.07, 6.45) is -0.757. The molecule has 0 heterocycles. The van der Waals surface area contributed by atoms with Crippen molar-refractivity contribution < 1.29 is 23.5 Å². The Balaban J connectivity index is 1.35.